The van der Waals surface area contributed by atoms with Crippen molar-refractivity contribution in [2.75, 3.05) is 21.3 Å². The van der Waals surface area contributed by atoms with E-state index >= 15 is 0 Å². The first-order chi connectivity index (χ1) is 12.8. The molecule has 0 unspecified atom stereocenters. The van der Waals surface area contributed by atoms with Gasteiger partial charge in [-0.25, -0.2) is 5.43 Å². The van der Waals surface area contributed by atoms with Crippen molar-refractivity contribution in [1.29, 1.82) is 0 Å². The number of hydrazone groups is 1. The summed E-state index contributed by atoms with van der Waals surface area (Å²) in [5, 5.41) is 3.78. The van der Waals surface area contributed by atoms with Gasteiger partial charge < -0.3 is 14.2 Å². The first kappa shape index (κ1) is 20.1. The van der Waals surface area contributed by atoms with Crippen molar-refractivity contribution < 1.29 is 32.2 Å². The van der Waals surface area contributed by atoms with E-state index in [1.165, 1.54) is 33.6 Å². The first-order valence-corrected chi connectivity index (χ1v) is 7.60. The summed E-state index contributed by atoms with van der Waals surface area (Å²) in [5.74, 6) is 0.462. The van der Waals surface area contributed by atoms with Gasteiger partial charge in [-0.2, -0.15) is 18.3 Å². The second kappa shape index (κ2) is 8.43. The minimum Gasteiger partial charge on any atom is -0.496 e. The van der Waals surface area contributed by atoms with Crippen molar-refractivity contribution >= 4 is 12.1 Å². The largest absolute Gasteiger partial charge is 0.496 e. The zero-order chi connectivity index (χ0) is 20.0. The van der Waals surface area contributed by atoms with E-state index < -0.39 is 17.6 Å². The Morgan fingerprint density at radius 3 is 2.19 bits per heavy atom. The average Bonchev–Trinajstić information content (AvgIpc) is 2.67. The van der Waals surface area contributed by atoms with Crippen LogP contribution in [0.25, 0.3) is 0 Å². The minimum atomic E-state index is -4.54. The number of hydrogen-bond acceptors (Lipinski definition) is 5. The minimum absolute atomic E-state index is 0.171. The number of halogens is 3. The molecule has 0 aromatic heterocycles. The van der Waals surface area contributed by atoms with E-state index in [1.54, 1.807) is 12.1 Å². The highest BCUT2D eigenvalue weighted by atomic mass is 19.4. The van der Waals surface area contributed by atoms with Crippen LogP contribution in [-0.4, -0.2) is 33.5 Å². The molecule has 0 saturated heterocycles. The molecule has 2 aromatic carbocycles. The summed E-state index contributed by atoms with van der Waals surface area (Å²) in [4.78, 5) is 12.0. The molecule has 144 valence electrons. The number of carbonyl (C=O) groups excluding carboxylic acids is 1. The van der Waals surface area contributed by atoms with Crippen LogP contribution < -0.4 is 19.6 Å². The van der Waals surface area contributed by atoms with Crippen LogP contribution in [0.1, 0.15) is 21.5 Å². The molecule has 0 aliphatic carbocycles. The van der Waals surface area contributed by atoms with Gasteiger partial charge in [-0.15, -0.1) is 0 Å². The van der Waals surface area contributed by atoms with Gasteiger partial charge in [-0.3, -0.25) is 4.79 Å². The van der Waals surface area contributed by atoms with Gasteiger partial charge in [0.2, 0.25) is 0 Å². The maximum absolute atomic E-state index is 12.7. The number of benzene rings is 2. The van der Waals surface area contributed by atoms with Gasteiger partial charge in [0.1, 0.15) is 17.2 Å². The highest BCUT2D eigenvalue weighted by Gasteiger charge is 2.30. The van der Waals surface area contributed by atoms with Crippen LogP contribution in [0, 0.1) is 0 Å². The van der Waals surface area contributed by atoms with E-state index in [4.69, 9.17) is 14.2 Å². The van der Waals surface area contributed by atoms with Crippen molar-refractivity contribution in [2.45, 2.75) is 6.18 Å². The van der Waals surface area contributed by atoms with Crippen LogP contribution in [0.15, 0.2) is 41.5 Å². The van der Waals surface area contributed by atoms with E-state index in [1.807, 2.05) is 0 Å². The van der Waals surface area contributed by atoms with Gasteiger partial charge in [0.15, 0.2) is 0 Å². The number of carbonyl (C=O) groups is 1. The summed E-state index contributed by atoms with van der Waals surface area (Å²) < 4.78 is 53.8. The molecule has 6 nitrogen and oxygen atoms in total. The molecule has 0 radical (unpaired) electrons. The fourth-order valence-corrected chi connectivity index (χ4v) is 2.22. The Labute approximate surface area is 153 Å². The van der Waals surface area contributed by atoms with Gasteiger partial charge in [-0.05, 0) is 18.2 Å². The Balaban J connectivity index is 2.22. The standard InChI is InChI=1S/C18H17F3N2O4/c1-25-13-8-15(26-2)14(16(9-13)27-3)10-22-23-17(24)11-5-4-6-12(7-11)18(19,20)21/h4-10H,1-3H3,(H,23,24)/b22-10-. The second-order valence-electron chi connectivity index (χ2n) is 5.22. The molecule has 0 heterocycles. The summed E-state index contributed by atoms with van der Waals surface area (Å²) >= 11 is 0. The summed E-state index contributed by atoms with van der Waals surface area (Å²) in [7, 11) is 4.36. The Morgan fingerprint density at radius 1 is 1.04 bits per heavy atom. The number of hydrogen-bond donors (Lipinski definition) is 1. The number of nitrogens with one attached hydrogen (secondary N) is 1. The maximum Gasteiger partial charge on any atom is 0.416 e. The molecule has 0 spiro atoms. The Morgan fingerprint density at radius 2 is 1.67 bits per heavy atom. The third-order valence-corrected chi connectivity index (χ3v) is 3.56. The van der Waals surface area contributed by atoms with Crippen LogP contribution in [0.4, 0.5) is 13.2 Å². The molecule has 0 atom stereocenters. The molecule has 0 aliphatic rings. The monoisotopic (exact) mass is 382 g/mol. The van der Waals surface area contributed by atoms with Crippen molar-refractivity contribution in [3.63, 3.8) is 0 Å². The van der Waals surface area contributed by atoms with Crippen LogP contribution in [-0.2, 0) is 6.18 Å². The third-order valence-electron chi connectivity index (χ3n) is 3.56. The highest BCUT2D eigenvalue weighted by Crippen LogP contribution is 2.32. The number of ether oxygens (including phenoxy) is 3. The summed E-state index contributed by atoms with van der Waals surface area (Å²) in [6.45, 7) is 0. The van der Waals surface area contributed by atoms with E-state index in [9.17, 15) is 18.0 Å². The lowest BCUT2D eigenvalue weighted by Crippen LogP contribution is -2.18. The van der Waals surface area contributed by atoms with Gasteiger partial charge >= 0.3 is 6.18 Å². The van der Waals surface area contributed by atoms with Crippen molar-refractivity contribution in [3.05, 3.63) is 53.1 Å². The van der Waals surface area contributed by atoms with Crippen molar-refractivity contribution in [2.24, 2.45) is 5.10 Å². The topological polar surface area (TPSA) is 69.2 Å². The lowest BCUT2D eigenvalue weighted by atomic mass is 10.1. The summed E-state index contributed by atoms with van der Waals surface area (Å²) in [6.07, 6.45) is -3.27. The molecule has 9 heteroatoms. The van der Waals surface area contributed by atoms with Gasteiger partial charge in [0.25, 0.3) is 5.91 Å². The van der Waals surface area contributed by atoms with E-state index in [2.05, 4.69) is 10.5 Å². The summed E-state index contributed by atoms with van der Waals surface area (Å²) in [5.41, 5.74) is 1.51. The van der Waals surface area contributed by atoms with E-state index in [0.717, 1.165) is 18.2 Å². The zero-order valence-corrected chi connectivity index (χ0v) is 14.8. The molecular formula is C18H17F3N2O4. The Bertz CT molecular complexity index is 826. The molecule has 1 amide bonds. The highest BCUT2D eigenvalue weighted by molar-refractivity contribution is 5.95. The number of alkyl halides is 3. The lowest BCUT2D eigenvalue weighted by molar-refractivity contribution is -0.137. The number of rotatable bonds is 6. The Kier molecular flexibility index (Phi) is 6.27. The normalized spacial score (nSPS) is 11.3. The summed E-state index contributed by atoms with van der Waals surface area (Å²) in [6, 6.07) is 7.23. The van der Waals surface area contributed by atoms with Crippen molar-refractivity contribution in [1.82, 2.24) is 5.43 Å². The maximum atomic E-state index is 12.7. The molecule has 27 heavy (non-hydrogen) atoms. The average molecular weight is 382 g/mol. The molecule has 2 rings (SSSR count). The quantitative estimate of drug-likeness (QED) is 0.613. The third kappa shape index (κ3) is 4.90. The molecule has 2 aromatic rings. The molecule has 1 N–H and O–H groups in total. The van der Waals surface area contributed by atoms with Gasteiger partial charge in [0, 0.05) is 17.7 Å². The predicted molar refractivity (Wildman–Crippen MR) is 92.6 cm³/mol. The fraction of sp³-hybridized carbons (Fsp3) is 0.222. The number of amides is 1. The van der Waals surface area contributed by atoms with E-state index in [0.29, 0.717) is 22.8 Å². The molecular weight excluding hydrogens is 365 g/mol. The molecule has 0 aliphatic heterocycles. The lowest BCUT2D eigenvalue weighted by Gasteiger charge is -2.12. The predicted octanol–water partition coefficient (Wildman–Crippen LogP) is 3.50. The SMILES string of the molecule is COc1cc(OC)c(/C=N\NC(=O)c2cccc(C(F)(F)F)c2)c(OC)c1. The number of nitrogens with zero attached hydrogens (tertiary/aromatic N) is 1. The van der Waals surface area contributed by atoms with Crippen LogP contribution in [0.3, 0.4) is 0 Å². The van der Waals surface area contributed by atoms with Crippen LogP contribution in [0.2, 0.25) is 0 Å². The molecule has 0 fully saturated rings. The van der Waals surface area contributed by atoms with E-state index in [-0.39, 0.29) is 5.56 Å². The molecule has 0 bridgehead atoms. The van der Waals surface area contributed by atoms with Gasteiger partial charge in [-0.1, -0.05) is 6.07 Å². The van der Waals surface area contributed by atoms with Crippen LogP contribution >= 0.6 is 0 Å². The smallest absolute Gasteiger partial charge is 0.416 e. The van der Waals surface area contributed by atoms with Crippen molar-refractivity contribution in [3.8, 4) is 17.2 Å². The fourth-order valence-electron chi connectivity index (χ4n) is 2.22. The first-order valence-electron chi connectivity index (χ1n) is 7.60. The zero-order valence-electron chi connectivity index (χ0n) is 14.8. The molecule has 0 saturated carbocycles. The van der Waals surface area contributed by atoms with Crippen LogP contribution in [0.5, 0.6) is 17.2 Å². The Hall–Kier alpha value is -3.23. The number of methoxy groups -OCH3 is 3. The van der Waals surface area contributed by atoms with Gasteiger partial charge in [0.05, 0.1) is 38.7 Å². The second-order valence-corrected chi connectivity index (χ2v) is 5.22.